The molecule has 0 saturated heterocycles. The molecule has 0 bridgehead atoms. The maximum absolute atomic E-state index is 5.83. The largest absolute Gasteiger partial charge is 0.493 e. The van der Waals surface area contributed by atoms with Gasteiger partial charge < -0.3 is 15.2 Å². The minimum Gasteiger partial charge on any atom is -0.493 e. The Labute approximate surface area is 119 Å². The van der Waals surface area contributed by atoms with Crippen LogP contribution in [0.3, 0.4) is 0 Å². The number of rotatable bonds is 7. The average molecular weight is 272 g/mol. The molecule has 1 heterocycles. The minimum atomic E-state index is 0.591. The molecule has 0 saturated carbocycles. The summed E-state index contributed by atoms with van der Waals surface area (Å²) in [5, 5.41) is 0. The zero-order chi connectivity index (χ0) is 14.2. The predicted octanol–water partition coefficient (Wildman–Crippen LogP) is 2.21. The number of aromatic nitrogens is 1. The summed E-state index contributed by atoms with van der Waals surface area (Å²) in [4.78, 5) is 4.09. The van der Waals surface area contributed by atoms with Gasteiger partial charge in [0.2, 0.25) is 0 Å². The molecular formula is C16H20N2O2. The molecule has 0 aliphatic heterocycles. The van der Waals surface area contributed by atoms with Crippen molar-refractivity contribution in [2.75, 3.05) is 20.3 Å². The summed E-state index contributed by atoms with van der Waals surface area (Å²) >= 11 is 0. The van der Waals surface area contributed by atoms with Gasteiger partial charge in [-0.25, -0.2) is 0 Å². The predicted molar refractivity (Wildman–Crippen MR) is 79.2 cm³/mol. The van der Waals surface area contributed by atoms with Crippen LogP contribution in [0.1, 0.15) is 11.1 Å². The molecular weight excluding hydrogens is 252 g/mol. The van der Waals surface area contributed by atoms with Gasteiger partial charge in [-0.15, -0.1) is 0 Å². The lowest BCUT2D eigenvalue weighted by Crippen LogP contribution is -2.05. The minimum absolute atomic E-state index is 0.591. The Kier molecular flexibility index (Phi) is 5.38. The fourth-order valence-corrected chi connectivity index (χ4v) is 1.98. The third kappa shape index (κ3) is 3.96. The number of ether oxygens (including phenoxy) is 2. The van der Waals surface area contributed by atoms with Crippen LogP contribution in [0.2, 0.25) is 0 Å². The highest BCUT2D eigenvalue weighted by molar-refractivity contribution is 5.43. The van der Waals surface area contributed by atoms with Crippen LogP contribution < -0.4 is 15.2 Å². The van der Waals surface area contributed by atoms with E-state index in [2.05, 4.69) is 4.98 Å². The Balaban J connectivity index is 1.98. The fraction of sp³-hybridized carbons (Fsp3) is 0.312. The van der Waals surface area contributed by atoms with E-state index in [1.54, 1.807) is 13.3 Å². The van der Waals surface area contributed by atoms with Crippen molar-refractivity contribution in [1.82, 2.24) is 4.98 Å². The van der Waals surface area contributed by atoms with Gasteiger partial charge in [-0.2, -0.15) is 0 Å². The Morgan fingerprint density at radius 3 is 2.70 bits per heavy atom. The number of hydrogen-bond donors (Lipinski definition) is 1. The fourth-order valence-electron chi connectivity index (χ4n) is 1.98. The first-order chi connectivity index (χ1) is 9.83. The van der Waals surface area contributed by atoms with Gasteiger partial charge in [0, 0.05) is 18.8 Å². The number of benzene rings is 1. The molecule has 0 fully saturated rings. The van der Waals surface area contributed by atoms with Crippen molar-refractivity contribution in [3.05, 3.63) is 53.9 Å². The Bertz CT molecular complexity index is 529. The molecule has 2 rings (SSSR count). The van der Waals surface area contributed by atoms with Gasteiger partial charge in [-0.3, -0.25) is 4.98 Å². The van der Waals surface area contributed by atoms with Crippen molar-refractivity contribution in [3.63, 3.8) is 0 Å². The number of pyridine rings is 1. The van der Waals surface area contributed by atoms with E-state index < -0.39 is 0 Å². The third-order valence-electron chi connectivity index (χ3n) is 3.03. The van der Waals surface area contributed by atoms with E-state index >= 15 is 0 Å². The number of nitrogens with two attached hydrogens (primary N) is 1. The van der Waals surface area contributed by atoms with Crippen LogP contribution in [-0.2, 0) is 12.8 Å². The maximum atomic E-state index is 5.83. The molecule has 2 N–H and O–H groups in total. The highest BCUT2D eigenvalue weighted by atomic mass is 16.5. The zero-order valence-electron chi connectivity index (χ0n) is 11.7. The van der Waals surface area contributed by atoms with E-state index in [0.717, 1.165) is 35.5 Å². The van der Waals surface area contributed by atoms with Crippen LogP contribution in [0.4, 0.5) is 0 Å². The van der Waals surface area contributed by atoms with Crippen LogP contribution in [-0.4, -0.2) is 25.2 Å². The third-order valence-corrected chi connectivity index (χ3v) is 3.03. The lowest BCUT2D eigenvalue weighted by atomic mass is 10.1. The smallest absolute Gasteiger partial charge is 0.161 e. The van der Waals surface area contributed by atoms with Crippen LogP contribution >= 0.6 is 0 Å². The molecule has 0 unspecified atom stereocenters. The van der Waals surface area contributed by atoms with Gasteiger partial charge in [0.15, 0.2) is 11.5 Å². The van der Waals surface area contributed by atoms with Crippen molar-refractivity contribution >= 4 is 0 Å². The van der Waals surface area contributed by atoms with E-state index in [-0.39, 0.29) is 0 Å². The van der Waals surface area contributed by atoms with Gasteiger partial charge in [-0.05, 0) is 42.3 Å². The maximum Gasteiger partial charge on any atom is 0.161 e. The molecule has 0 amide bonds. The molecule has 0 aliphatic rings. The molecule has 20 heavy (non-hydrogen) atoms. The van der Waals surface area contributed by atoms with E-state index in [1.807, 2.05) is 36.5 Å². The summed E-state index contributed by atoms with van der Waals surface area (Å²) in [5.41, 5.74) is 7.89. The summed E-state index contributed by atoms with van der Waals surface area (Å²) in [7, 11) is 1.64. The highest BCUT2D eigenvalue weighted by Gasteiger charge is 2.06. The lowest BCUT2D eigenvalue weighted by Gasteiger charge is -2.12. The lowest BCUT2D eigenvalue weighted by molar-refractivity contribution is 0.297. The Hall–Kier alpha value is -2.07. The Morgan fingerprint density at radius 1 is 1.10 bits per heavy atom. The summed E-state index contributed by atoms with van der Waals surface area (Å²) in [6, 6.07) is 9.90. The van der Waals surface area contributed by atoms with Crippen LogP contribution in [0.15, 0.2) is 42.7 Å². The van der Waals surface area contributed by atoms with Gasteiger partial charge in [-0.1, -0.05) is 12.1 Å². The molecule has 2 aromatic rings. The van der Waals surface area contributed by atoms with E-state index in [4.69, 9.17) is 15.2 Å². The zero-order valence-corrected chi connectivity index (χ0v) is 11.7. The van der Waals surface area contributed by atoms with Crippen molar-refractivity contribution in [2.24, 2.45) is 5.73 Å². The monoisotopic (exact) mass is 272 g/mol. The van der Waals surface area contributed by atoms with Crippen LogP contribution in [0.5, 0.6) is 11.5 Å². The number of methoxy groups -OCH3 is 1. The second kappa shape index (κ2) is 7.50. The number of hydrogen-bond acceptors (Lipinski definition) is 4. The summed E-state index contributed by atoms with van der Waals surface area (Å²) in [6.07, 6.45) is 5.27. The van der Waals surface area contributed by atoms with Crippen molar-refractivity contribution in [1.29, 1.82) is 0 Å². The first-order valence-corrected chi connectivity index (χ1v) is 6.72. The second-order valence-corrected chi connectivity index (χ2v) is 4.48. The molecule has 1 aromatic heterocycles. The first kappa shape index (κ1) is 14.3. The SMILES string of the molecule is COc1ccc(CCN)cc1OCCc1cccnc1. The van der Waals surface area contributed by atoms with Crippen molar-refractivity contribution in [2.45, 2.75) is 12.8 Å². The van der Waals surface area contributed by atoms with Crippen LogP contribution in [0, 0.1) is 0 Å². The molecule has 0 aliphatic carbocycles. The van der Waals surface area contributed by atoms with E-state index in [1.165, 1.54) is 0 Å². The average Bonchev–Trinajstić information content (AvgIpc) is 2.49. The summed E-state index contributed by atoms with van der Waals surface area (Å²) < 4.78 is 11.1. The standard InChI is InChI=1S/C16H20N2O2/c1-19-15-5-4-13(6-8-17)11-16(15)20-10-7-14-3-2-9-18-12-14/h2-5,9,11-12H,6-8,10,17H2,1H3. The quantitative estimate of drug-likeness (QED) is 0.839. The molecule has 106 valence electrons. The van der Waals surface area contributed by atoms with Gasteiger partial charge in [0.05, 0.1) is 13.7 Å². The van der Waals surface area contributed by atoms with Gasteiger partial charge in [0.1, 0.15) is 0 Å². The molecule has 4 nitrogen and oxygen atoms in total. The van der Waals surface area contributed by atoms with E-state index in [9.17, 15) is 0 Å². The van der Waals surface area contributed by atoms with Crippen LogP contribution in [0.25, 0.3) is 0 Å². The highest BCUT2D eigenvalue weighted by Crippen LogP contribution is 2.28. The first-order valence-electron chi connectivity index (χ1n) is 6.72. The summed E-state index contributed by atoms with van der Waals surface area (Å²) in [6.45, 7) is 1.22. The number of nitrogens with zero attached hydrogens (tertiary/aromatic N) is 1. The Morgan fingerprint density at radius 2 is 2.00 bits per heavy atom. The molecule has 4 heteroatoms. The summed E-state index contributed by atoms with van der Waals surface area (Å²) in [5.74, 6) is 1.51. The van der Waals surface area contributed by atoms with Gasteiger partial charge >= 0.3 is 0 Å². The van der Waals surface area contributed by atoms with Crippen molar-refractivity contribution in [3.8, 4) is 11.5 Å². The molecule has 0 atom stereocenters. The molecule has 0 radical (unpaired) electrons. The molecule has 1 aromatic carbocycles. The molecule has 0 spiro atoms. The van der Waals surface area contributed by atoms with E-state index in [0.29, 0.717) is 13.2 Å². The second-order valence-electron chi connectivity index (χ2n) is 4.48. The van der Waals surface area contributed by atoms with Gasteiger partial charge in [0.25, 0.3) is 0 Å². The topological polar surface area (TPSA) is 57.4 Å². The van der Waals surface area contributed by atoms with Crippen molar-refractivity contribution < 1.29 is 9.47 Å². The normalized spacial score (nSPS) is 10.3.